The number of aromatic nitrogens is 4. The zero-order valence-electron chi connectivity index (χ0n) is 21.3. The van der Waals surface area contributed by atoms with E-state index in [0.29, 0.717) is 17.8 Å². The highest BCUT2D eigenvalue weighted by atomic mass is 127. The fraction of sp³-hybridized carbons (Fsp3) is 0.522. The van der Waals surface area contributed by atoms with E-state index in [1.54, 1.807) is 24.8 Å². The number of halogens is 1. The molecule has 2 aromatic heterocycles. The van der Waals surface area contributed by atoms with E-state index in [1.165, 1.54) is 17.8 Å². The number of nitrogens with one attached hydrogen (secondary N) is 2. The summed E-state index contributed by atoms with van der Waals surface area (Å²) in [5.74, 6) is 1.31. The molecule has 8 nitrogen and oxygen atoms in total. The van der Waals surface area contributed by atoms with Gasteiger partial charge in [-0.3, -0.25) is 0 Å². The van der Waals surface area contributed by atoms with Crippen molar-refractivity contribution in [2.45, 2.75) is 70.9 Å². The summed E-state index contributed by atoms with van der Waals surface area (Å²) in [5, 5.41) is 8.13. The zero-order valence-corrected chi connectivity index (χ0v) is 25.1. The third-order valence-corrected chi connectivity index (χ3v) is 6.39. The maximum atomic E-state index is 11.4. The van der Waals surface area contributed by atoms with Gasteiger partial charge in [0.15, 0.2) is 10.3 Å². The number of esters is 1. The van der Waals surface area contributed by atoms with E-state index in [2.05, 4.69) is 67.0 Å². The molecule has 0 bridgehead atoms. The van der Waals surface area contributed by atoms with Crippen molar-refractivity contribution in [2.75, 3.05) is 29.8 Å². The van der Waals surface area contributed by atoms with Gasteiger partial charge in [0.05, 0.1) is 21.6 Å². The van der Waals surface area contributed by atoms with Crippen LogP contribution in [0.4, 0.5) is 11.6 Å². The fourth-order valence-electron chi connectivity index (χ4n) is 2.57. The lowest BCUT2D eigenvalue weighted by Gasteiger charge is -2.14. The number of aryl methyl sites for hydroxylation is 2. The molecule has 0 saturated carbocycles. The van der Waals surface area contributed by atoms with E-state index < -0.39 is 0 Å². The summed E-state index contributed by atoms with van der Waals surface area (Å²) in [6, 6.07) is 0.640. The minimum Gasteiger partial charge on any atom is -0.463 e. The van der Waals surface area contributed by atoms with Crippen LogP contribution in [0.25, 0.3) is 6.08 Å². The standard InChI is InChI=1S/C14H21N3O2S.C9H14IN3S/c1-6-19-12(18)8-7-11-10(4)16-14(20-5)17-13(11)15-9(2)3;1-5(2)11-8-7(10)6(3)12-9(13-8)14-4/h7-9H,6H2,1-5H3,(H,15,16,17);5H,1-4H3,(H,11,12,13)/b8-7+;. The third-order valence-electron chi connectivity index (χ3n) is 4.00. The molecule has 0 aliphatic rings. The number of hydrogen-bond donors (Lipinski definition) is 2. The van der Waals surface area contributed by atoms with Crippen molar-refractivity contribution in [1.82, 2.24) is 19.9 Å². The van der Waals surface area contributed by atoms with Crippen molar-refractivity contribution in [3.8, 4) is 0 Å². The first-order valence-electron chi connectivity index (χ1n) is 10.9. The molecular formula is C23H35IN6O2S2. The van der Waals surface area contributed by atoms with Crippen LogP contribution in [0.1, 0.15) is 51.6 Å². The van der Waals surface area contributed by atoms with E-state index >= 15 is 0 Å². The Labute approximate surface area is 225 Å². The summed E-state index contributed by atoms with van der Waals surface area (Å²) in [6.07, 6.45) is 7.02. The first-order chi connectivity index (χ1) is 16.0. The summed E-state index contributed by atoms with van der Waals surface area (Å²) >= 11 is 5.33. The van der Waals surface area contributed by atoms with E-state index in [0.717, 1.165) is 37.3 Å². The van der Waals surface area contributed by atoms with Crippen LogP contribution in [0.2, 0.25) is 0 Å². The van der Waals surface area contributed by atoms with Crippen LogP contribution >= 0.6 is 46.1 Å². The average Bonchev–Trinajstić information content (AvgIpc) is 2.75. The Morgan fingerprint density at radius 3 is 1.94 bits per heavy atom. The molecule has 0 unspecified atom stereocenters. The molecular weight excluding hydrogens is 583 g/mol. The van der Waals surface area contributed by atoms with Crippen molar-refractivity contribution in [3.63, 3.8) is 0 Å². The fourth-order valence-corrected chi connectivity index (χ4v) is 3.78. The second-order valence-corrected chi connectivity index (χ2v) is 10.3. The van der Waals surface area contributed by atoms with Crippen molar-refractivity contribution >= 4 is 69.8 Å². The predicted octanol–water partition coefficient (Wildman–Crippen LogP) is 5.84. The van der Waals surface area contributed by atoms with Gasteiger partial charge in [-0.25, -0.2) is 24.7 Å². The summed E-state index contributed by atoms with van der Waals surface area (Å²) in [7, 11) is 0. The lowest BCUT2D eigenvalue weighted by Crippen LogP contribution is -2.14. The molecule has 2 rings (SSSR count). The lowest BCUT2D eigenvalue weighted by molar-refractivity contribution is -0.137. The van der Waals surface area contributed by atoms with Gasteiger partial charge in [-0.2, -0.15) is 0 Å². The summed E-state index contributed by atoms with van der Waals surface area (Å²) < 4.78 is 5.98. The van der Waals surface area contributed by atoms with Crippen molar-refractivity contribution in [1.29, 1.82) is 0 Å². The Kier molecular flexibility index (Phi) is 13.8. The molecule has 0 spiro atoms. The van der Waals surface area contributed by atoms with E-state index in [-0.39, 0.29) is 12.0 Å². The zero-order chi connectivity index (χ0) is 25.8. The average molecular weight is 619 g/mol. The summed E-state index contributed by atoms with van der Waals surface area (Å²) in [6.45, 7) is 14.3. The third kappa shape index (κ3) is 10.3. The molecule has 0 aliphatic heterocycles. The highest BCUT2D eigenvalue weighted by molar-refractivity contribution is 14.1. The van der Waals surface area contributed by atoms with Gasteiger partial charge in [-0.15, -0.1) is 0 Å². The molecule has 0 fully saturated rings. The molecule has 34 heavy (non-hydrogen) atoms. The Morgan fingerprint density at radius 2 is 1.44 bits per heavy atom. The first-order valence-corrected chi connectivity index (χ1v) is 14.4. The molecule has 0 aliphatic carbocycles. The van der Waals surface area contributed by atoms with Gasteiger partial charge in [-0.05, 0) is 89.6 Å². The molecule has 0 aromatic carbocycles. The second-order valence-electron chi connectivity index (χ2n) is 7.70. The normalized spacial score (nSPS) is 10.9. The summed E-state index contributed by atoms with van der Waals surface area (Å²) in [5.41, 5.74) is 2.67. The maximum absolute atomic E-state index is 11.4. The van der Waals surface area contributed by atoms with Crippen LogP contribution in [-0.2, 0) is 9.53 Å². The molecule has 0 atom stereocenters. The van der Waals surface area contributed by atoms with Crippen molar-refractivity contribution in [3.05, 3.63) is 26.6 Å². The Bertz CT molecular complexity index is 986. The Balaban J connectivity index is 0.000000362. The highest BCUT2D eigenvalue weighted by Crippen LogP contribution is 2.23. The van der Waals surface area contributed by atoms with Gasteiger partial charge < -0.3 is 15.4 Å². The molecule has 2 aromatic rings. The Morgan fingerprint density at radius 1 is 0.941 bits per heavy atom. The van der Waals surface area contributed by atoms with Gasteiger partial charge in [-0.1, -0.05) is 23.5 Å². The topological polar surface area (TPSA) is 102 Å². The molecule has 0 saturated heterocycles. The van der Waals surface area contributed by atoms with Crippen LogP contribution in [-0.4, -0.2) is 57.1 Å². The number of thioether (sulfide) groups is 2. The number of hydrogen-bond acceptors (Lipinski definition) is 10. The SMILES string of the molecule is CCOC(=O)/C=C/c1c(C)nc(SC)nc1NC(C)C.CSc1nc(C)c(I)c(NC(C)C)n1. The van der Waals surface area contributed by atoms with Gasteiger partial charge >= 0.3 is 5.97 Å². The van der Waals surface area contributed by atoms with E-state index in [4.69, 9.17) is 4.74 Å². The Hall–Kier alpha value is -1.60. The van der Waals surface area contributed by atoms with Gasteiger partial charge in [0, 0.05) is 23.7 Å². The number of nitrogens with zero attached hydrogens (tertiary/aromatic N) is 4. The number of carbonyl (C=O) groups is 1. The predicted molar refractivity (Wildman–Crippen MR) is 153 cm³/mol. The van der Waals surface area contributed by atoms with E-state index in [1.807, 2.05) is 40.2 Å². The molecule has 0 radical (unpaired) electrons. The molecule has 11 heteroatoms. The molecule has 2 N–H and O–H groups in total. The van der Waals surface area contributed by atoms with Crippen LogP contribution in [0, 0.1) is 17.4 Å². The largest absolute Gasteiger partial charge is 0.463 e. The molecule has 2 heterocycles. The van der Waals surface area contributed by atoms with Gasteiger partial charge in [0.2, 0.25) is 0 Å². The molecule has 188 valence electrons. The summed E-state index contributed by atoms with van der Waals surface area (Å²) in [4.78, 5) is 29.0. The van der Waals surface area contributed by atoms with Crippen molar-refractivity contribution < 1.29 is 9.53 Å². The lowest BCUT2D eigenvalue weighted by atomic mass is 10.2. The molecule has 0 amide bonds. The van der Waals surface area contributed by atoms with E-state index in [9.17, 15) is 4.79 Å². The van der Waals surface area contributed by atoms with Crippen LogP contribution in [0.3, 0.4) is 0 Å². The quantitative estimate of drug-likeness (QED) is 0.117. The number of anilines is 2. The van der Waals surface area contributed by atoms with Gasteiger partial charge in [0.25, 0.3) is 0 Å². The highest BCUT2D eigenvalue weighted by Gasteiger charge is 2.11. The first kappa shape index (κ1) is 30.4. The monoisotopic (exact) mass is 618 g/mol. The number of rotatable bonds is 9. The second kappa shape index (κ2) is 15.4. The van der Waals surface area contributed by atoms with Crippen molar-refractivity contribution in [2.24, 2.45) is 0 Å². The minimum atomic E-state index is -0.365. The maximum Gasteiger partial charge on any atom is 0.330 e. The number of ether oxygens (including phenoxy) is 1. The number of carbonyl (C=O) groups excluding carboxylic acids is 1. The van der Waals surface area contributed by atoms with Crippen LogP contribution in [0.15, 0.2) is 16.4 Å². The smallest absolute Gasteiger partial charge is 0.330 e. The van der Waals surface area contributed by atoms with Gasteiger partial charge in [0.1, 0.15) is 11.6 Å². The van der Waals surface area contributed by atoms with Crippen LogP contribution < -0.4 is 10.6 Å². The minimum absolute atomic E-state index is 0.244. The van der Waals surface area contributed by atoms with Crippen LogP contribution in [0.5, 0.6) is 0 Å².